The zero-order chi connectivity index (χ0) is 22.4. The van der Waals surface area contributed by atoms with Crippen molar-refractivity contribution in [2.45, 2.75) is 71.0 Å². The van der Waals surface area contributed by atoms with Gasteiger partial charge < -0.3 is 10.2 Å². The lowest BCUT2D eigenvalue weighted by Gasteiger charge is -2.32. The minimum atomic E-state index is -0.579. The first-order valence-electron chi connectivity index (χ1n) is 11.0. The molecule has 0 heterocycles. The van der Waals surface area contributed by atoms with Crippen LogP contribution < -0.4 is 5.32 Å². The summed E-state index contributed by atoms with van der Waals surface area (Å²) >= 11 is 12.8. The molecule has 1 fully saturated rings. The van der Waals surface area contributed by atoms with Crippen LogP contribution in [0.1, 0.15) is 55.7 Å². The Labute approximate surface area is 194 Å². The minimum absolute atomic E-state index is 0.101. The van der Waals surface area contributed by atoms with Crippen LogP contribution in [0.25, 0.3) is 0 Å². The van der Waals surface area contributed by atoms with Gasteiger partial charge in [-0.15, -0.1) is 0 Å². The number of benzene rings is 2. The molecule has 0 radical (unpaired) electrons. The number of rotatable bonds is 8. The molecule has 1 saturated carbocycles. The fourth-order valence-corrected chi connectivity index (χ4v) is 4.73. The van der Waals surface area contributed by atoms with Gasteiger partial charge in [0.25, 0.3) is 0 Å². The number of nitrogens with zero attached hydrogens (tertiary/aromatic N) is 1. The van der Waals surface area contributed by atoms with Gasteiger partial charge in [-0.3, -0.25) is 9.59 Å². The van der Waals surface area contributed by atoms with E-state index in [-0.39, 0.29) is 30.8 Å². The van der Waals surface area contributed by atoms with E-state index in [1.165, 1.54) is 0 Å². The predicted octanol–water partition coefficient (Wildman–Crippen LogP) is 5.71. The van der Waals surface area contributed by atoms with Gasteiger partial charge in [-0.2, -0.15) is 0 Å². The lowest BCUT2D eigenvalue weighted by molar-refractivity contribution is -0.141. The lowest BCUT2D eigenvalue weighted by Crippen LogP contribution is -2.51. The van der Waals surface area contributed by atoms with Crippen molar-refractivity contribution >= 4 is 35.0 Å². The molecule has 1 aliphatic rings. The third-order valence-corrected chi connectivity index (χ3v) is 6.79. The normalized spacial score (nSPS) is 15.0. The van der Waals surface area contributed by atoms with E-state index in [1.54, 1.807) is 23.1 Å². The van der Waals surface area contributed by atoms with Crippen LogP contribution in [0.5, 0.6) is 0 Å². The van der Waals surface area contributed by atoms with Crippen LogP contribution in [-0.2, 0) is 22.6 Å². The maximum Gasteiger partial charge on any atom is 0.243 e. The molecule has 2 aromatic rings. The molecule has 0 bridgehead atoms. The molecule has 6 heteroatoms. The summed E-state index contributed by atoms with van der Waals surface area (Å²) in [6.07, 6.45) is 4.99. The number of amides is 2. The van der Waals surface area contributed by atoms with Crippen molar-refractivity contribution in [1.82, 2.24) is 10.2 Å². The number of hydrogen-bond acceptors (Lipinski definition) is 2. The molecule has 4 nitrogen and oxygen atoms in total. The Balaban J connectivity index is 1.88. The zero-order valence-corrected chi connectivity index (χ0v) is 19.7. The largest absolute Gasteiger partial charge is 0.352 e. The molecule has 0 saturated heterocycles. The number of carbonyl (C=O) groups is 2. The highest BCUT2D eigenvalue weighted by Gasteiger charge is 2.31. The summed E-state index contributed by atoms with van der Waals surface area (Å²) in [6.45, 7) is 4.11. The molecule has 2 aromatic carbocycles. The van der Waals surface area contributed by atoms with E-state index < -0.39 is 6.04 Å². The molecule has 1 aliphatic carbocycles. The molecule has 0 spiro atoms. The Morgan fingerprint density at radius 3 is 2.32 bits per heavy atom. The number of nitrogens with one attached hydrogen (secondary N) is 1. The highest BCUT2D eigenvalue weighted by molar-refractivity contribution is 6.36. The molecule has 1 atom stereocenters. The van der Waals surface area contributed by atoms with Gasteiger partial charge in [-0.25, -0.2) is 0 Å². The second kappa shape index (κ2) is 11.0. The van der Waals surface area contributed by atoms with Crippen molar-refractivity contribution in [2.24, 2.45) is 0 Å². The first-order valence-corrected chi connectivity index (χ1v) is 11.7. The van der Waals surface area contributed by atoms with Gasteiger partial charge in [-0.1, -0.05) is 73.3 Å². The monoisotopic (exact) mass is 460 g/mol. The van der Waals surface area contributed by atoms with Crippen LogP contribution in [0.3, 0.4) is 0 Å². The summed E-state index contributed by atoms with van der Waals surface area (Å²) in [7, 11) is 0. The maximum absolute atomic E-state index is 13.5. The average molecular weight is 461 g/mol. The average Bonchev–Trinajstić information content (AvgIpc) is 3.24. The summed E-state index contributed by atoms with van der Waals surface area (Å²) in [5.41, 5.74) is 2.67. The standard InChI is InChI=1S/C25H30Cl2N2O2/c1-3-23(25(31)28-19-11-6-7-12-19)29(16-20-21(26)13-8-14-22(20)27)24(30)15-18-10-5-4-9-17(18)2/h4-5,8-10,13-14,19,23H,3,6-7,11-12,15-16H2,1-2H3,(H,28,31). The Hall–Kier alpha value is -2.04. The van der Waals surface area contributed by atoms with Crippen LogP contribution in [0, 0.1) is 6.92 Å². The summed E-state index contributed by atoms with van der Waals surface area (Å²) in [5.74, 6) is -0.214. The fourth-order valence-electron chi connectivity index (χ4n) is 4.21. The van der Waals surface area contributed by atoms with Gasteiger partial charge in [0.1, 0.15) is 6.04 Å². The number of halogens is 2. The molecule has 2 amide bonds. The molecule has 31 heavy (non-hydrogen) atoms. The van der Waals surface area contributed by atoms with E-state index in [2.05, 4.69) is 5.32 Å². The summed E-state index contributed by atoms with van der Waals surface area (Å²) in [4.78, 5) is 28.3. The molecule has 1 N–H and O–H groups in total. The molecule has 0 aliphatic heterocycles. The molecule has 0 aromatic heterocycles. The zero-order valence-electron chi connectivity index (χ0n) is 18.2. The topological polar surface area (TPSA) is 49.4 Å². The van der Waals surface area contributed by atoms with E-state index in [0.717, 1.165) is 36.8 Å². The highest BCUT2D eigenvalue weighted by Crippen LogP contribution is 2.28. The van der Waals surface area contributed by atoms with Crippen LogP contribution >= 0.6 is 23.2 Å². The smallest absolute Gasteiger partial charge is 0.243 e. The predicted molar refractivity (Wildman–Crippen MR) is 126 cm³/mol. The maximum atomic E-state index is 13.5. The molecule has 3 rings (SSSR count). The number of hydrogen-bond donors (Lipinski definition) is 1. The van der Waals surface area contributed by atoms with Crippen LogP contribution in [-0.4, -0.2) is 28.8 Å². The third-order valence-electron chi connectivity index (χ3n) is 6.08. The van der Waals surface area contributed by atoms with Crippen LogP contribution in [0.2, 0.25) is 10.0 Å². The second-order valence-corrected chi connectivity index (χ2v) is 9.05. The quantitative estimate of drug-likeness (QED) is 0.548. The van der Waals surface area contributed by atoms with Gasteiger partial charge in [0.2, 0.25) is 11.8 Å². The van der Waals surface area contributed by atoms with Crippen molar-refractivity contribution in [3.63, 3.8) is 0 Å². The Bertz CT molecular complexity index is 905. The van der Waals surface area contributed by atoms with Crippen molar-refractivity contribution in [2.75, 3.05) is 0 Å². The van der Waals surface area contributed by atoms with Gasteiger partial charge in [0.15, 0.2) is 0 Å². The van der Waals surface area contributed by atoms with Gasteiger partial charge in [-0.05, 0) is 49.4 Å². The van der Waals surface area contributed by atoms with Crippen molar-refractivity contribution in [1.29, 1.82) is 0 Å². The van der Waals surface area contributed by atoms with Crippen LogP contribution in [0.15, 0.2) is 42.5 Å². The Morgan fingerprint density at radius 1 is 1.06 bits per heavy atom. The van der Waals surface area contributed by atoms with Gasteiger partial charge >= 0.3 is 0 Å². The van der Waals surface area contributed by atoms with E-state index in [1.807, 2.05) is 38.1 Å². The number of aryl methyl sites for hydroxylation is 1. The summed E-state index contributed by atoms with van der Waals surface area (Å²) < 4.78 is 0. The second-order valence-electron chi connectivity index (χ2n) is 8.24. The molecular formula is C25H30Cl2N2O2. The first-order chi connectivity index (χ1) is 14.9. The van der Waals surface area contributed by atoms with E-state index in [0.29, 0.717) is 22.0 Å². The van der Waals surface area contributed by atoms with Crippen LogP contribution in [0.4, 0.5) is 0 Å². The summed E-state index contributed by atoms with van der Waals surface area (Å²) in [5, 5.41) is 4.14. The summed E-state index contributed by atoms with van der Waals surface area (Å²) in [6, 6.07) is 12.7. The highest BCUT2D eigenvalue weighted by atomic mass is 35.5. The van der Waals surface area contributed by atoms with E-state index in [9.17, 15) is 9.59 Å². The molecule has 166 valence electrons. The minimum Gasteiger partial charge on any atom is -0.352 e. The Kier molecular flexibility index (Phi) is 8.39. The molecule has 1 unspecified atom stereocenters. The van der Waals surface area contributed by atoms with Crippen molar-refractivity contribution in [3.8, 4) is 0 Å². The fraction of sp³-hybridized carbons (Fsp3) is 0.440. The van der Waals surface area contributed by atoms with Gasteiger partial charge in [0.05, 0.1) is 6.42 Å². The van der Waals surface area contributed by atoms with E-state index >= 15 is 0 Å². The Morgan fingerprint density at radius 2 is 1.71 bits per heavy atom. The first kappa shape index (κ1) is 23.6. The van der Waals surface area contributed by atoms with E-state index in [4.69, 9.17) is 23.2 Å². The van der Waals surface area contributed by atoms with Crippen molar-refractivity contribution < 1.29 is 9.59 Å². The van der Waals surface area contributed by atoms with Gasteiger partial charge in [0, 0.05) is 28.2 Å². The number of carbonyl (C=O) groups excluding carboxylic acids is 2. The SMILES string of the molecule is CCC(C(=O)NC1CCCC1)N(Cc1c(Cl)cccc1Cl)C(=O)Cc1ccccc1C. The third kappa shape index (κ3) is 6.02. The van der Waals surface area contributed by atoms with Crippen molar-refractivity contribution in [3.05, 3.63) is 69.2 Å². The lowest BCUT2D eigenvalue weighted by atomic mass is 10.0. The molecular weight excluding hydrogens is 431 g/mol.